The van der Waals surface area contributed by atoms with Crippen molar-refractivity contribution in [1.29, 1.82) is 0 Å². The van der Waals surface area contributed by atoms with Crippen molar-refractivity contribution in [1.82, 2.24) is 4.90 Å². The van der Waals surface area contributed by atoms with Crippen LogP contribution in [-0.4, -0.2) is 29.8 Å². The number of hydrogen-bond donors (Lipinski definition) is 1. The Balaban J connectivity index is 2.19. The average Bonchev–Trinajstić information content (AvgIpc) is 2.45. The van der Waals surface area contributed by atoms with E-state index < -0.39 is 0 Å². The largest absolute Gasteiger partial charge is 0.329 e. The number of amides is 2. The van der Waals surface area contributed by atoms with Crippen LogP contribution in [0.4, 0.5) is 0 Å². The molecule has 76 valence electrons. The van der Waals surface area contributed by atoms with Crippen molar-refractivity contribution in [2.45, 2.75) is 12.8 Å². The van der Waals surface area contributed by atoms with Crippen molar-refractivity contribution in [3.05, 3.63) is 12.2 Å². The molecule has 0 spiro atoms. The minimum absolute atomic E-state index is 0.0326. The summed E-state index contributed by atoms with van der Waals surface area (Å²) in [6, 6.07) is 0. The fourth-order valence-electron chi connectivity index (χ4n) is 2.22. The molecule has 0 radical (unpaired) electrons. The molecule has 1 fully saturated rings. The van der Waals surface area contributed by atoms with Gasteiger partial charge in [0.1, 0.15) is 0 Å². The Hall–Kier alpha value is -1.16. The topological polar surface area (TPSA) is 63.4 Å². The number of fused-ring (bicyclic) bond motifs is 1. The van der Waals surface area contributed by atoms with Crippen molar-refractivity contribution in [2.75, 3.05) is 13.1 Å². The molecule has 0 aromatic heterocycles. The van der Waals surface area contributed by atoms with E-state index in [0.717, 1.165) is 0 Å². The SMILES string of the molecule is NCCN1C(=O)C2CC=CCC2C1=O. The van der Waals surface area contributed by atoms with E-state index in [2.05, 4.69) is 0 Å². The highest BCUT2D eigenvalue weighted by Crippen LogP contribution is 2.34. The smallest absolute Gasteiger partial charge is 0.233 e. The van der Waals surface area contributed by atoms with Gasteiger partial charge in [-0.3, -0.25) is 14.5 Å². The normalized spacial score (nSPS) is 31.1. The van der Waals surface area contributed by atoms with Crippen molar-refractivity contribution < 1.29 is 9.59 Å². The summed E-state index contributed by atoms with van der Waals surface area (Å²) in [6.07, 6.45) is 5.38. The summed E-state index contributed by atoms with van der Waals surface area (Å²) in [4.78, 5) is 24.8. The van der Waals surface area contributed by atoms with Gasteiger partial charge in [0, 0.05) is 13.1 Å². The van der Waals surface area contributed by atoms with E-state index in [1.54, 1.807) is 0 Å². The number of likely N-dealkylation sites (tertiary alicyclic amines) is 1. The van der Waals surface area contributed by atoms with Crippen LogP contribution in [0.2, 0.25) is 0 Å². The molecule has 0 saturated carbocycles. The molecule has 2 N–H and O–H groups in total. The van der Waals surface area contributed by atoms with Gasteiger partial charge < -0.3 is 5.73 Å². The molecule has 0 aromatic rings. The fourth-order valence-corrected chi connectivity index (χ4v) is 2.22. The molecule has 2 aliphatic rings. The van der Waals surface area contributed by atoms with Crippen molar-refractivity contribution in [3.63, 3.8) is 0 Å². The quantitative estimate of drug-likeness (QED) is 0.493. The number of carbonyl (C=O) groups excluding carboxylic acids is 2. The zero-order chi connectivity index (χ0) is 10.1. The minimum Gasteiger partial charge on any atom is -0.329 e. The zero-order valence-corrected chi connectivity index (χ0v) is 7.98. The highest BCUT2D eigenvalue weighted by atomic mass is 16.2. The van der Waals surface area contributed by atoms with Crippen molar-refractivity contribution >= 4 is 11.8 Å². The van der Waals surface area contributed by atoms with E-state index in [9.17, 15) is 9.59 Å². The van der Waals surface area contributed by atoms with Crippen LogP contribution in [0.5, 0.6) is 0 Å². The van der Waals surface area contributed by atoms with E-state index >= 15 is 0 Å². The Bertz CT molecular complexity index is 272. The molecule has 1 heterocycles. The van der Waals surface area contributed by atoms with Gasteiger partial charge in [0.2, 0.25) is 11.8 Å². The number of hydrogen-bond acceptors (Lipinski definition) is 3. The van der Waals surface area contributed by atoms with Crippen LogP contribution in [0.15, 0.2) is 12.2 Å². The Kier molecular flexibility index (Phi) is 2.37. The van der Waals surface area contributed by atoms with Gasteiger partial charge in [-0.1, -0.05) is 12.2 Å². The molecule has 1 aliphatic carbocycles. The molecular formula is C10H14N2O2. The van der Waals surface area contributed by atoms with Gasteiger partial charge in [0.15, 0.2) is 0 Å². The number of imide groups is 1. The van der Waals surface area contributed by atoms with Gasteiger partial charge in [-0.2, -0.15) is 0 Å². The van der Waals surface area contributed by atoms with Crippen LogP contribution in [0.25, 0.3) is 0 Å². The van der Waals surface area contributed by atoms with Crippen LogP contribution < -0.4 is 5.73 Å². The van der Waals surface area contributed by atoms with E-state index in [1.165, 1.54) is 4.90 Å². The molecule has 2 amide bonds. The molecule has 4 heteroatoms. The first-order valence-electron chi connectivity index (χ1n) is 4.96. The van der Waals surface area contributed by atoms with E-state index in [-0.39, 0.29) is 23.7 Å². The fraction of sp³-hybridized carbons (Fsp3) is 0.600. The predicted octanol–water partition coefficient (Wildman–Crippen LogP) is -0.104. The molecule has 0 aromatic carbocycles. The van der Waals surface area contributed by atoms with Gasteiger partial charge in [0.25, 0.3) is 0 Å². The van der Waals surface area contributed by atoms with Crippen molar-refractivity contribution in [2.24, 2.45) is 17.6 Å². The third kappa shape index (κ3) is 1.26. The van der Waals surface area contributed by atoms with Crippen LogP contribution >= 0.6 is 0 Å². The van der Waals surface area contributed by atoms with Gasteiger partial charge in [-0.05, 0) is 12.8 Å². The van der Waals surface area contributed by atoms with Crippen molar-refractivity contribution in [3.8, 4) is 0 Å². The van der Waals surface area contributed by atoms with Crippen LogP contribution in [0, 0.1) is 11.8 Å². The lowest BCUT2D eigenvalue weighted by molar-refractivity contribution is -0.139. The zero-order valence-electron chi connectivity index (χ0n) is 7.98. The molecule has 2 atom stereocenters. The summed E-state index contributed by atoms with van der Waals surface area (Å²) in [7, 11) is 0. The van der Waals surface area contributed by atoms with Gasteiger partial charge in [0.05, 0.1) is 11.8 Å². The van der Waals surface area contributed by atoms with E-state index in [4.69, 9.17) is 5.73 Å². The van der Waals surface area contributed by atoms with E-state index in [1.807, 2.05) is 12.2 Å². The Morgan fingerprint density at radius 3 is 2.14 bits per heavy atom. The number of nitrogens with two attached hydrogens (primary N) is 1. The summed E-state index contributed by atoms with van der Waals surface area (Å²) in [6.45, 7) is 0.717. The second kappa shape index (κ2) is 3.53. The average molecular weight is 194 g/mol. The highest BCUT2D eigenvalue weighted by Gasteiger charge is 2.46. The number of allylic oxidation sites excluding steroid dienone is 2. The number of carbonyl (C=O) groups is 2. The number of nitrogens with zero attached hydrogens (tertiary/aromatic N) is 1. The Morgan fingerprint density at radius 1 is 1.21 bits per heavy atom. The third-order valence-electron chi connectivity index (χ3n) is 2.95. The summed E-state index contributed by atoms with van der Waals surface area (Å²) < 4.78 is 0. The first-order valence-corrected chi connectivity index (χ1v) is 4.96. The van der Waals surface area contributed by atoms with Gasteiger partial charge in [-0.25, -0.2) is 0 Å². The first-order chi connectivity index (χ1) is 6.75. The lowest BCUT2D eigenvalue weighted by atomic mass is 9.85. The third-order valence-corrected chi connectivity index (χ3v) is 2.95. The molecule has 14 heavy (non-hydrogen) atoms. The lowest BCUT2D eigenvalue weighted by Crippen LogP contribution is -2.35. The lowest BCUT2D eigenvalue weighted by Gasteiger charge is -2.14. The number of rotatable bonds is 2. The summed E-state index contributed by atoms with van der Waals surface area (Å²) in [5, 5.41) is 0. The Labute approximate surface area is 82.7 Å². The summed E-state index contributed by atoms with van der Waals surface area (Å²) >= 11 is 0. The standard InChI is InChI=1S/C10H14N2O2/c11-5-6-12-9(13)7-3-1-2-4-8(7)10(12)14/h1-2,7-8H,3-6,11H2. The minimum atomic E-state index is -0.112. The Morgan fingerprint density at radius 2 is 1.71 bits per heavy atom. The molecule has 0 bridgehead atoms. The molecule has 1 saturated heterocycles. The summed E-state index contributed by atoms with van der Waals surface area (Å²) in [5.74, 6) is -0.289. The maximum absolute atomic E-state index is 11.8. The molecule has 4 nitrogen and oxygen atoms in total. The second-order valence-corrected chi connectivity index (χ2v) is 3.77. The van der Waals surface area contributed by atoms with Crippen LogP contribution in [-0.2, 0) is 9.59 Å². The molecule has 2 unspecified atom stereocenters. The molecule has 2 rings (SSSR count). The first kappa shape index (κ1) is 9.40. The van der Waals surface area contributed by atoms with Crippen LogP contribution in [0.3, 0.4) is 0 Å². The monoisotopic (exact) mass is 194 g/mol. The van der Waals surface area contributed by atoms with Gasteiger partial charge in [-0.15, -0.1) is 0 Å². The molecule has 1 aliphatic heterocycles. The van der Waals surface area contributed by atoms with Gasteiger partial charge >= 0.3 is 0 Å². The molecular weight excluding hydrogens is 180 g/mol. The second-order valence-electron chi connectivity index (χ2n) is 3.77. The summed E-state index contributed by atoms with van der Waals surface area (Å²) in [5.41, 5.74) is 5.36. The van der Waals surface area contributed by atoms with E-state index in [0.29, 0.717) is 25.9 Å². The maximum Gasteiger partial charge on any atom is 0.233 e. The maximum atomic E-state index is 11.8. The highest BCUT2D eigenvalue weighted by molar-refractivity contribution is 6.05. The predicted molar refractivity (Wildman–Crippen MR) is 51.1 cm³/mol. The van der Waals surface area contributed by atoms with Crippen LogP contribution in [0.1, 0.15) is 12.8 Å².